The van der Waals surface area contributed by atoms with Gasteiger partial charge in [0.1, 0.15) is 0 Å². The average molecular weight is 293 g/mol. The maximum absolute atomic E-state index is 6.19. The van der Waals surface area contributed by atoms with Gasteiger partial charge < -0.3 is 9.55 Å². The molecule has 0 amide bonds. The van der Waals surface area contributed by atoms with Crippen LogP contribution in [0.2, 0.25) is 5.02 Å². The Morgan fingerprint density at radius 2 is 2.21 bits per heavy atom. The minimum absolute atomic E-state index is 0.735. The van der Waals surface area contributed by atoms with E-state index in [1.165, 1.54) is 25.7 Å². The minimum Gasteiger partial charge on any atom is -0.329 e. The number of hydrogen-bond acceptors (Lipinski definition) is 1. The molecule has 0 saturated carbocycles. The number of aryl methyl sites for hydroxylation is 1. The third kappa shape index (κ3) is 2.63. The lowest BCUT2D eigenvalue weighted by molar-refractivity contribution is 0.630. The fraction of sp³-hybridized carbons (Fsp3) is 0.400. The molecule has 0 fully saturated rings. The van der Waals surface area contributed by atoms with Gasteiger partial charge in [-0.3, -0.25) is 0 Å². The van der Waals surface area contributed by atoms with Crippen LogP contribution in [0.25, 0.3) is 11.0 Å². The Morgan fingerprint density at radius 1 is 1.32 bits per heavy atom. The number of aromatic nitrogens is 2. The van der Waals surface area contributed by atoms with Gasteiger partial charge in [-0.2, -0.15) is 0 Å². The predicted octanol–water partition coefficient (Wildman–Crippen LogP) is 5.24. The highest BCUT2D eigenvalue weighted by Gasteiger charge is 2.09. The van der Waals surface area contributed by atoms with Crippen LogP contribution < -0.4 is 0 Å². The summed E-state index contributed by atoms with van der Waals surface area (Å²) in [6, 6.07) is 5.94. The number of hydrogen-bond donors (Lipinski definition) is 1. The number of imidazole rings is 1. The second kappa shape index (κ2) is 5.51. The Morgan fingerprint density at radius 3 is 3.00 bits per heavy atom. The van der Waals surface area contributed by atoms with Crippen molar-refractivity contribution in [1.29, 1.82) is 0 Å². The van der Waals surface area contributed by atoms with E-state index in [-0.39, 0.29) is 0 Å². The van der Waals surface area contributed by atoms with Crippen molar-refractivity contribution in [3.8, 4) is 0 Å². The van der Waals surface area contributed by atoms with Gasteiger partial charge in [0.05, 0.1) is 16.1 Å². The number of benzene rings is 1. The van der Waals surface area contributed by atoms with Crippen molar-refractivity contribution in [1.82, 2.24) is 9.55 Å². The molecule has 0 bridgehead atoms. The highest BCUT2D eigenvalue weighted by molar-refractivity contribution is 7.71. The van der Waals surface area contributed by atoms with Crippen LogP contribution in [0.3, 0.4) is 0 Å². The lowest BCUT2D eigenvalue weighted by Gasteiger charge is -2.13. The number of fused-ring (bicyclic) bond motifs is 1. The first-order chi connectivity index (χ1) is 9.25. The van der Waals surface area contributed by atoms with Crippen molar-refractivity contribution < 1.29 is 0 Å². The largest absolute Gasteiger partial charge is 0.329 e. The fourth-order valence-electron chi connectivity index (χ4n) is 2.75. The minimum atomic E-state index is 0.735. The smallest absolute Gasteiger partial charge is 0.178 e. The van der Waals surface area contributed by atoms with E-state index in [2.05, 4.69) is 21.7 Å². The van der Waals surface area contributed by atoms with Gasteiger partial charge in [0.25, 0.3) is 0 Å². The van der Waals surface area contributed by atoms with Crippen LogP contribution in [0.15, 0.2) is 29.8 Å². The second-order valence-corrected chi connectivity index (χ2v) is 5.87. The first-order valence-electron chi connectivity index (χ1n) is 6.80. The van der Waals surface area contributed by atoms with E-state index in [1.807, 2.05) is 12.1 Å². The van der Waals surface area contributed by atoms with E-state index in [0.717, 1.165) is 33.8 Å². The highest BCUT2D eigenvalue weighted by Crippen LogP contribution is 2.25. The quantitative estimate of drug-likeness (QED) is 0.606. The van der Waals surface area contributed by atoms with Crippen molar-refractivity contribution >= 4 is 34.9 Å². The monoisotopic (exact) mass is 292 g/mol. The van der Waals surface area contributed by atoms with Crippen LogP contribution >= 0.6 is 23.8 Å². The maximum Gasteiger partial charge on any atom is 0.178 e. The van der Waals surface area contributed by atoms with E-state index in [1.54, 1.807) is 5.57 Å². The van der Waals surface area contributed by atoms with Gasteiger partial charge in [-0.25, -0.2) is 0 Å². The number of nitrogens with one attached hydrogen (secondary N) is 1. The zero-order valence-electron chi connectivity index (χ0n) is 10.8. The number of H-pyrrole nitrogens is 1. The van der Waals surface area contributed by atoms with Crippen LogP contribution in [0.1, 0.15) is 32.1 Å². The molecule has 19 heavy (non-hydrogen) atoms. The molecule has 2 nitrogen and oxygen atoms in total. The summed E-state index contributed by atoms with van der Waals surface area (Å²) in [6.45, 7) is 0.936. The number of para-hydroxylation sites is 1. The van der Waals surface area contributed by atoms with Crippen molar-refractivity contribution in [2.75, 3.05) is 0 Å². The van der Waals surface area contributed by atoms with E-state index in [4.69, 9.17) is 23.8 Å². The molecule has 3 rings (SSSR count). The summed E-state index contributed by atoms with van der Waals surface area (Å²) in [7, 11) is 0. The molecular formula is C15H17ClN2S. The van der Waals surface area contributed by atoms with Crippen LogP contribution in [0.4, 0.5) is 0 Å². The highest BCUT2D eigenvalue weighted by atomic mass is 35.5. The van der Waals surface area contributed by atoms with Crippen molar-refractivity contribution in [3.05, 3.63) is 39.6 Å². The van der Waals surface area contributed by atoms with Gasteiger partial charge in [-0.15, -0.1) is 0 Å². The average Bonchev–Trinajstić information content (AvgIpc) is 2.75. The Bertz CT molecular complexity index is 681. The Labute approximate surface area is 123 Å². The van der Waals surface area contributed by atoms with Crippen molar-refractivity contribution in [3.63, 3.8) is 0 Å². The zero-order chi connectivity index (χ0) is 13.2. The topological polar surface area (TPSA) is 20.7 Å². The molecule has 1 heterocycles. The SMILES string of the molecule is S=c1[nH]c2c(Cl)cccc2n1CCC1=CCCCC1. The fourth-order valence-corrected chi connectivity index (χ4v) is 3.26. The molecule has 0 aliphatic heterocycles. The number of nitrogens with zero attached hydrogens (tertiary/aromatic N) is 1. The van der Waals surface area contributed by atoms with Crippen LogP contribution in [-0.4, -0.2) is 9.55 Å². The molecule has 100 valence electrons. The summed E-state index contributed by atoms with van der Waals surface area (Å²) in [6.07, 6.45) is 8.64. The molecule has 1 aromatic carbocycles. The molecule has 0 atom stereocenters. The van der Waals surface area contributed by atoms with Gasteiger partial charge in [0.2, 0.25) is 0 Å². The summed E-state index contributed by atoms with van der Waals surface area (Å²) < 4.78 is 2.92. The lowest BCUT2D eigenvalue weighted by Crippen LogP contribution is -2.01. The Balaban J connectivity index is 1.88. The molecule has 1 N–H and O–H groups in total. The Kier molecular flexibility index (Phi) is 3.76. The van der Waals surface area contributed by atoms with Crippen LogP contribution in [0.5, 0.6) is 0 Å². The predicted molar refractivity (Wildman–Crippen MR) is 83.3 cm³/mol. The van der Waals surface area contributed by atoms with Gasteiger partial charge in [-0.05, 0) is 56.5 Å². The first kappa shape index (κ1) is 12.9. The molecule has 0 radical (unpaired) electrons. The maximum atomic E-state index is 6.19. The molecular weight excluding hydrogens is 276 g/mol. The number of halogens is 1. The summed E-state index contributed by atoms with van der Waals surface area (Å²) in [4.78, 5) is 3.21. The van der Waals surface area contributed by atoms with Gasteiger partial charge in [0.15, 0.2) is 4.77 Å². The third-order valence-corrected chi connectivity index (χ3v) is 4.44. The van der Waals surface area contributed by atoms with Gasteiger partial charge >= 0.3 is 0 Å². The molecule has 2 aromatic rings. The summed E-state index contributed by atoms with van der Waals surface area (Å²) >= 11 is 11.6. The summed E-state index contributed by atoms with van der Waals surface area (Å²) in [5.74, 6) is 0. The molecule has 0 unspecified atom stereocenters. The normalized spacial score (nSPS) is 15.7. The second-order valence-electron chi connectivity index (χ2n) is 5.07. The molecule has 0 saturated heterocycles. The molecule has 4 heteroatoms. The van der Waals surface area contributed by atoms with Gasteiger partial charge in [-0.1, -0.05) is 29.3 Å². The number of aromatic amines is 1. The molecule has 1 aromatic heterocycles. The van der Waals surface area contributed by atoms with Crippen molar-refractivity contribution in [2.24, 2.45) is 0 Å². The summed E-state index contributed by atoms with van der Waals surface area (Å²) in [5.41, 5.74) is 3.63. The van der Waals surface area contributed by atoms with E-state index in [0.29, 0.717) is 0 Å². The zero-order valence-corrected chi connectivity index (χ0v) is 12.4. The lowest BCUT2D eigenvalue weighted by atomic mass is 9.97. The van der Waals surface area contributed by atoms with Crippen LogP contribution in [0, 0.1) is 4.77 Å². The van der Waals surface area contributed by atoms with E-state index in [9.17, 15) is 0 Å². The first-order valence-corrected chi connectivity index (χ1v) is 7.59. The number of allylic oxidation sites excluding steroid dienone is 2. The van der Waals surface area contributed by atoms with Crippen LogP contribution in [-0.2, 0) is 6.54 Å². The van der Waals surface area contributed by atoms with E-state index >= 15 is 0 Å². The third-order valence-electron chi connectivity index (χ3n) is 3.80. The molecule has 1 aliphatic rings. The Hall–Kier alpha value is -1.06. The van der Waals surface area contributed by atoms with E-state index < -0.39 is 0 Å². The van der Waals surface area contributed by atoms with Crippen molar-refractivity contribution in [2.45, 2.75) is 38.6 Å². The summed E-state index contributed by atoms with van der Waals surface area (Å²) in [5, 5.41) is 0.735. The molecule has 0 spiro atoms. The number of rotatable bonds is 3. The van der Waals surface area contributed by atoms with Gasteiger partial charge in [0, 0.05) is 6.54 Å². The molecule has 1 aliphatic carbocycles. The standard InChI is InChI=1S/C15H17ClN2S/c16-12-7-4-8-13-14(12)17-15(19)18(13)10-9-11-5-2-1-3-6-11/h4-5,7-8H,1-3,6,9-10H2,(H,17,19).